The predicted octanol–water partition coefficient (Wildman–Crippen LogP) is 1.93. The van der Waals surface area contributed by atoms with E-state index in [1.807, 2.05) is 24.0 Å². The van der Waals surface area contributed by atoms with Gasteiger partial charge in [0.1, 0.15) is 5.75 Å². The van der Waals surface area contributed by atoms with Crippen LogP contribution in [0, 0.1) is 0 Å². The lowest BCUT2D eigenvalue weighted by molar-refractivity contribution is -0.139. The first kappa shape index (κ1) is 14.2. The van der Waals surface area contributed by atoms with Crippen molar-refractivity contribution >= 4 is 17.5 Å². The summed E-state index contributed by atoms with van der Waals surface area (Å²) in [5.41, 5.74) is 0. The van der Waals surface area contributed by atoms with Crippen molar-refractivity contribution in [3.8, 4) is 5.75 Å². The van der Waals surface area contributed by atoms with E-state index in [1.165, 1.54) is 0 Å². The molecule has 1 unspecified atom stereocenters. The van der Waals surface area contributed by atoms with E-state index >= 15 is 0 Å². The van der Waals surface area contributed by atoms with Crippen molar-refractivity contribution in [2.75, 3.05) is 26.2 Å². The van der Waals surface area contributed by atoms with Gasteiger partial charge in [0.15, 0.2) is 6.10 Å². The molecule has 2 rings (SSSR count). The first-order chi connectivity index (χ1) is 9.22. The number of nitrogens with one attached hydrogen (secondary N) is 1. The minimum absolute atomic E-state index is 0.0453. The highest BCUT2D eigenvalue weighted by Gasteiger charge is 2.26. The molecule has 1 saturated heterocycles. The van der Waals surface area contributed by atoms with Gasteiger partial charge < -0.3 is 15.0 Å². The number of para-hydroxylation sites is 1. The lowest BCUT2D eigenvalue weighted by Gasteiger charge is -2.30. The smallest absolute Gasteiger partial charge is 0.263 e. The van der Waals surface area contributed by atoms with Crippen molar-refractivity contribution in [3.63, 3.8) is 0 Å². The molecule has 1 fully saturated rings. The van der Waals surface area contributed by atoms with E-state index in [9.17, 15) is 4.79 Å². The van der Waals surface area contributed by atoms with Gasteiger partial charge in [-0.1, -0.05) is 30.7 Å². The molecule has 0 aromatic heterocycles. The zero-order chi connectivity index (χ0) is 13.7. The van der Waals surface area contributed by atoms with E-state index in [-0.39, 0.29) is 5.91 Å². The number of hydrogen-bond donors (Lipinski definition) is 1. The molecule has 5 heteroatoms. The van der Waals surface area contributed by atoms with Crippen LogP contribution in [0.2, 0.25) is 5.02 Å². The number of ether oxygens (including phenoxy) is 1. The largest absolute Gasteiger partial charge is 0.479 e. The Kier molecular flexibility index (Phi) is 5.05. The Hall–Kier alpha value is -1.26. The summed E-state index contributed by atoms with van der Waals surface area (Å²) in [5, 5.41) is 3.77. The van der Waals surface area contributed by atoms with Gasteiger partial charge in [-0.2, -0.15) is 0 Å². The van der Waals surface area contributed by atoms with Crippen molar-refractivity contribution in [3.05, 3.63) is 29.3 Å². The summed E-state index contributed by atoms with van der Waals surface area (Å²) in [6, 6.07) is 7.24. The van der Waals surface area contributed by atoms with Crippen LogP contribution in [0.25, 0.3) is 0 Å². The van der Waals surface area contributed by atoms with E-state index in [0.717, 1.165) is 26.2 Å². The zero-order valence-corrected chi connectivity index (χ0v) is 11.8. The Morgan fingerprint density at radius 3 is 2.74 bits per heavy atom. The van der Waals surface area contributed by atoms with Crippen molar-refractivity contribution in [2.24, 2.45) is 0 Å². The number of piperazine rings is 1. The maximum atomic E-state index is 12.4. The van der Waals surface area contributed by atoms with Gasteiger partial charge in [0, 0.05) is 26.2 Å². The van der Waals surface area contributed by atoms with Gasteiger partial charge in [-0.25, -0.2) is 0 Å². The lowest BCUT2D eigenvalue weighted by Crippen LogP contribution is -2.50. The van der Waals surface area contributed by atoms with E-state index in [1.54, 1.807) is 12.1 Å². The Morgan fingerprint density at radius 2 is 2.11 bits per heavy atom. The normalized spacial score (nSPS) is 17.1. The second-order valence-corrected chi connectivity index (χ2v) is 4.93. The first-order valence-corrected chi connectivity index (χ1v) is 7.01. The van der Waals surface area contributed by atoms with Crippen LogP contribution in [0.5, 0.6) is 5.75 Å². The van der Waals surface area contributed by atoms with Crippen LogP contribution in [0.1, 0.15) is 13.3 Å². The number of carbonyl (C=O) groups is 1. The second-order valence-electron chi connectivity index (χ2n) is 4.52. The van der Waals surface area contributed by atoms with Gasteiger partial charge in [0.05, 0.1) is 5.02 Å². The Morgan fingerprint density at radius 1 is 1.42 bits per heavy atom. The predicted molar refractivity (Wildman–Crippen MR) is 75.6 cm³/mol. The van der Waals surface area contributed by atoms with E-state index < -0.39 is 6.10 Å². The Bertz CT molecular complexity index is 433. The lowest BCUT2D eigenvalue weighted by atomic mass is 10.2. The highest BCUT2D eigenvalue weighted by Crippen LogP contribution is 2.25. The molecular weight excluding hydrogens is 264 g/mol. The average Bonchev–Trinajstić information content (AvgIpc) is 2.47. The molecule has 0 aliphatic carbocycles. The Labute approximate surface area is 118 Å². The molecule has 0 spiro atoms. The molecule has 1 aliphatic rings. The number of amides is 1. The van der Waals surface area contributed by atoms with E-state index in [2.05, 4.69) is 5.32 Å². The summed E-state index contributed by atoms with van der Waals surface area (Å²) in [7, 11) is 0. The summed E-state index contributed by atoms with van der Waals surface area (Å²) in [6.45, 7) is 5.10. The topological polar surface area (TPSA) is 41.6 Å². The first-order valence-electron chi connectivity index (χ1n) is 6.63. The highest BCUT2D eigenvalue weighted by molar-refractivity contribution is 6.32. The summed E-state index contributed by atoms with van der Waals surface area (Å²) in [4.78, 5) is 14.2. The molecule has 1 atom stereocenters. The van der Waals surface area contributed by atoms with Crippen LogP contribution in [-0.4, -0.2) is 43.1 Å². The fourth-order valence-corrected chi connectivity index (χ4v) is 2.27. The van der Waals surface area contributed by atoms with Gasteiger partial charge in [-0.15, -0.1) is 0 Å². The number of hydrogen-bond acceptors (Lipinski definition) is 3. The number of rotatable bonds is 4. The summed E-state index contributed by atoms with van der Waals surface area (Å²) in [6.07, 6.45) is 0.173. The summed E-state index contributed by atoms with van der Waals surface area (Å²) in [5.74, 6) is 0.614. The molecule has 19 heavy (non-hydrogen) atoms. The van der Waals surface area contributed by atoms with Gasteiger partial charge in [-0.05, 0) is 18.6 Å². The minimum atomic E-state index is -0.460. The molecule has 104 valence electrons. The standard InChI is InChI=1S/C14H19ClN2O2/c1-2-12(14(18)17-9-7-16-8-10-17)19-13-6-4-3-5-11(13)15/h3-6,12,16H,2,7-10H2,1H3. The van der Waals surface area contributed by atoms with Gasteiger partial charge in [0.2, 0.25) is 0 Å². The van der Waals surface area contributed by atoms with Crippen LogP contribution in [0.4, 0.5) is 0 Å². The third kappa shape index (κ3) is 3.61. The van der Waals surface area contributed by atoms with Gasteiger partial charge in [-0.3, -0.25) is 4.79 Å². The summed E-state index contributed by atoms with van der Waals surface area (Å²) < 4.78 is 5.77. The van der Waals surface area contributed by atoms with E-state index in [0.29, 0.717) is 17.2 Å². The quantitative estimate of drug-likeness (QED) is 0.917. The molecule has 1 aliphatic heterocycles. The van der Waals surface area contributed by atoms with Crippen molar-refractivity contribution in [2.45, 2.75) is 19.4 Å². The van der Waals surface area contributed by atoms with Crippen LogP contribution < -0.4 is 10.1 Å². The number of benzene rings is 1. The minimum Gasteiger partial charge on any atom is -0.479 e. The van der Waals surface area contributed by atoms with Crippen LogP contribution in [0.15, 0.2) is 24.3 Å². The van der Waals surface area contributed by atoms with Crippen molar-refractivity contribution in [1.29, 1.82) is 0 Å². The third-order valence-corrected chi connectivity index (χ3v) is 3.49. The SMILES string of the molecule is CCC(Oc1ccccc1Cl)C(=O)N1CCNCC1. The fraction of sp³-hybridized carbons (Fsp3) is 0.500. The molecule has 0 saturated carbocycles. The van der Waals surface area contributed by atoms with Gasteiger partial charge >= 0.3 is 0 Å². The Balaban J connectivity index is 2.03. The fourth-order valence-electron chi connectivity index (χ4n) is 2.09. The molecular formula is C14H19ClN2O2. The molecule has 0 radical (unpaired) electrons. The molecule has 1 heterocycles. The monoisotopic (exact) mass is 282 g/mol. The third-order valence-electron chi connectivity index (χ3n) is 3.18. The van der Waals surface area contributed by atoms with Crippen molar-refractivity contribution in [1.82, 2.24) is 10.2 Å². The maximum absolute atomic E-state index is 12.4. The molecule has 1 amide bonds. The summed E-state index contributed by atoms with van der Waals surface area (Å²) >= 11 is 6.06. The molecule has 1 aromatic carbocycles. The maximum Gasteiger partial charge on any atom is 0.263 e. The number of nitrogens with zero attached hydrogens (tertiary/aromatic N) is 1. The molecule has 4 nitrogen and oxygen atoms in total. The van der Waals surface area contributed by atoms with E-state index in [4.69, 9.17) is 16.3 Å². The van der Waals surface area contributed by atoms with Gasteiger partial charge in [0.25, 0.3) is 5.91 Å². The number of carbonyl (C=O) groups excluding carboxylic acids is 1. The second kappa shape index (κ2) is 6.78. The van der Waals surface area contributed by atoms with Crippen LogP contribution >= 0.6 is 11.6 Å². The highest BCUT2D eigenvalue weighted by atomic mass is 35.5. The molecule has 1 aromatic rings. The number of halogens is 1. The molecule has 1 N–H and O–H groups in total. The van der Waals surface area contributed by atoms with Crippen LogP contribution in [0.3, 0.4) is 0 Å². The molecule has 0 bridgehead atoms. The van der Waals surface area contributed by atoms with Crippen LogP contribution in [-0.2, 0) is 4.79 Å². The zero-order valence-electron chi connectivity index (χ0n) is 11.1. The average molecular weight is 283 g/mol. The van der Waals surface area contributed by atoms with Crippen molar-refractivity contribution < 1.29 is 9.53 Å².